The van der Waals surface area contributed by atoms with E-state index in [4.69, 9.17) is 0 Å². The maximum atomic E-state index is 13.6. The average molecular weight is 285 g/mol. The molecule has 1 aliphatic heterocycles. The van der Waals surface area contributed by atoms with Crippen LogP contribution in [0.1, 0.15) is 31.9 Å². The lowest BCUT2D eigenvalue weighted by Gasteiger charge is -2.36. The fraction of sp³-hybridized carbons (Fsp3) is 0.600. The van der Waals surface area contributed by atoms with E-state index in [-0.39, 0.29) is 6.04 Å². The van der Waals surface area contributed by atoms with Crippen LogP contribution in [-0.4, -0.2) is 24.8 Å². The van der Waals surface area contributed by atoms with Crippen LogP contribution in [0.25, 0.3) is 0 Å². The first-order chi connectivity index (χ1) is 9.00. The molecule has 2 atom stereocenters. The lowest BCUT2D eigenvalue weighted by atomic mass is 9.76. The van der Waals surface area contributed by atoms with Crippen molar-refractivity contribution < 1.29 is 8.78 Å². The van der Waals surface area contributed by atoms with Crippen LogP contribution in [0, 0.1) is 0 Å². The highest BCUT2D eigenvalue weighted by atomic mass is 32.2. The fourth-order valence-corrected chi connectivity index (χ4v) is 3.66. The summed E-state index contributed by atoms with van der Waals surface area (Å²) < 4.78 is 27.3. The zero-order valence-corrected chi connectivity index (χ0v) is 12.5. The molecule has 0 bridgehead atoms. The van der Waals surface area contributed by atoms with Gasteiger partial charge in [0.2, 0.25) is 6.43 Å². The predicted octanol–water partition coefficient (Wildman–Crippen LogP) is 3.86. The SMILES string of the molecule is CCNC(C)C(C)(c1ccc2c(c1)CCS2)C(F)F. The summed E-state index contributed by atoms with van der Waals surface area (Å²) in [5.41, 5.74) is 0.827. The Hall–Kier alpha value is -0.610. The van der Waals surface area contributed by atoms with Gasteiger partial charge in [0, 0.05) is 16.7 Å². The second kappa shape index (κ2) is 5.80. The topological polar surface area (TPSA) is 12.0 Å². The Labute approximate surface area is 118 Å². The predicted molar refractivity (Wildman–Crippen MR) is 77.4 cm³/mol. The molecule has 1 aliphatic rings. The molecular weight excluding hydrogens is 264 g/mol. The van der Waals surface area contributed by atoms with Crippen molar-refractivity contribution in [3.63, 3.8) is 0 Å². The second-order valence-electron chi connectivity index (χ2n) is 5.28. The third-order valence-corrected chi connectivity index (χ3v) is 5.29. The van der Waals surface area contributed by atoms with E-state index in [0.717, 1.165) is 17.7 Å². The molecular formula is C15H21F2NS. The number of thioether (sulfide) groups is 1. The average Bonchev–Trinajstić information content (AvgIpc) is 2.84. The van der Waals surface area contributed by atoms with Crippen molar-refractivity contribution in [1.29, 1.82) is 0 Å². The van der Waals surface area contributed by atoms with Gasteiger partial charge in [-0.15, -0.1) is 11.8 Å². The second-order valence-corrected chi connectivity index (χ2v) is 6.42. The van der Waals surface area contributed by atoms with Gasteiger partial charge in [0.05, 0.1) is 5.41 Å². The van der Waals surface area contributed by atoms with Crippen molar-refractivity contribution in [3.8, 4) is 0 Å². The highest BCUT2D eigenvalue weighted by Crippen LogP contribution is 2.39. The summed E-state index contributed by atoms with van der Waals surface area (Å²) in [6, 6.07) is 5.60. The van der Waals surface area contributed by atoms with Gasteiger partial charge in [-0.25, -0.2) is 8.78 Å². The molecule has 0 fully saturated rings. The van der Waals surface area contributed by atoms with Crippen LogP contribution >= 0.6 is 11.8 Å². The molecule has 1 N–H and O–H groups in total. The molecule has 19 heavy (non-hydrogen) atoms. The van der Waals surface area contributed by atoms with Crippen LogP contribution in [0.3, 0.4) is 0 Å². The maximum Gasteiger partial charge on any atom is 0.249 e. The third-order valence-electron chi connectivity index (χ3n) is 4.17. The van der Waals surface area contributed by atoms with E-state index in [1.165, 1.54) is 10.5 Å². The van der Waals surface area contributed by atoms with E-state index in [1.807, 2.05) is 43.8 Å². The third kappa shape index (κ3) is 2.65. The normalized spacial score (nSPS) is 19.3. The molecule has 2 unspecified atom stereocenters. The van der Waals surface area contributed by atoms with Crippen LogP contribution < -0.4 is 5.32 Å². The van der Waals surface area contributed by atoms with Gasteiger partial charge >= 0.3 is 0 Å². The highest BCUT2D eigenvalue weighted by Gasteiger charge is 2.42. The summed E-state index contributed by atoms with van der Waals surface area (Å²) in [7, 11) is 0. The molecule has 0 aliphatic carbocycles. The van der Waals surface area contributed by atoms with Crippen molar-refractivity contribution in [3.05, 3.63) is 29.3 Å². The van der Waals surface area contributed by atoms with Crippen molar-refractivity contribution in [1.82, 2.24) is 5.32 Å². The van der Waals surface area contributed by atoms with Gasteiger partial charge < -0.3 is 5.32 Å². The molecule has 1 aromatic rings. The number of halogens is 2. The molecule has 4 heteroatoms. The Kier molecular flexibility index (Phi) is 4.51. The van der Waals surface area contributed by atoms with Gasteiger partial charge in [-0.1, -0.05) is 19.1 Å². The molecule has 0 spiro atoms. The first-order valence-electron chi connectivity index (χ1n) is 6.77. The minimum Gasteiger partial charge on any atom is -0.313 e. The van der Waals surface area contributed by atoms with Crippen LogP contribution in [-0.2, 0) is 11.8 Å². The van der Waals surface area contributed by atoms with E-state index in [1.54, 1.807) is 6.92 Å². The van der Waals surface area contributed by atoms with Gasteiger partial charge in [-0.2, -0.15) is 0 Å². The quantitative estimate of drug-likeness (QED) is 0.881. The van der Waals surface area contributed by atoms with E-state index in [9.17, 15) is 8.78 Å². The van der Waals surface area contributed by atoms with Crippen molar-refractivity contribution in [2.24, 2.45) is 0 Å². The van der Waals surface area contributed by atoms with E-state index >= 15 is 0 Å². The largest absolute Gasteiger partial charge is 0.313 e. The monoisotopic (exact) mass is 285 g/mol. The van der Waals surface area contributed by atoms with Crippen LogP contribution in [0.2, 0.25) is 0 Å². The molecule has 106 valence electrons. The Morgan fingerprint density at radius 1 is 1.42 bits per heavy atom. The molecule has 2 rings (SSSR count). The number of hydrogen-bond donors (Lipinski definition) is 1. The zero-order valence-electron chi connectivity index (χ0n) is 11.7. The number of rotatable bonds is 5. The highest BCUT2D eigenvalue weighted by molar-refractivity contribution is 7.99. The van der Waals surface area contributed by atoms with Gasteiger partial charge in [0.1, 0.15) is 0 Å². The van der Waals surface area contributed by atoms with Crippen LogP contribution in [0.15, 0.2) is 23.1 Å². The lowest BCUT2D eigenvalue weighted by molar-refractivity contribution is 0.0394. The molecule has 1 nitrogen and oxygen atoms in total. The lowest BCUT2D eigenvalue weighted by Crippen LogP contribution is -2.49. The molecule has 0 saturated carbocycles. The van der Waals surface area contributed by atoms with E-state index < -0.39 is 11.8 Å². The minimum absolute atomic E-state index is 0.260. The summed E-state index contributed by atoms with van der Waals surface area (Å²) >= 11 is 1.81. The van der Waals surface area contributed by atoms with E-state index in [0.29, 0.717) is 6.54 Å². The molecule has 1 aromatic carbocycles. The molecule has 0 saturated heterocycles. The van der Waals surface area contributed by atoms with Gasteiger partial charge in [0.15, 0.2) is 0 Å². The Bertz CT molecular complexity index is 450. The van der Waals surface area contributed by atoms with Crippen LogP contribution in [0.4, 0.5) is 8.78 Å². The van der Waals surface area contributed by atoms with Crippen LogP contribution in [0.5, 0.6) is 0 Å². The number of hydrogen-bond acceptors (Lipinski definition) is 2. The van der Waals surface area contributed by atoms with Crippen molar-refractivity contribution >= 4 is 11.8 Å². The molecule has 0 radical (unpaired) electrons. The van der Waals surface area contributed by atoms with E-state index in [2.05, 4.69) is 5.32 Å². The first-order valence-corrected chi connectivity index (χ1v) is 7.76. The first kappa shape index (κ1) is 14.8. The summed E-state index contributed by atoms with van der Waals surface area (Å²) in [6.07, 6.45) is -1.39. The standard InChI is InChI=1S/C15H21F2NS/c1-4-18-10(2)15(3,14(16)17)12-5-6-13-11(9-12)7-8-19-13/h5-6,9-10,14,18H,4,7-8H2,1-3H3. The minimum atomic E-state index is -2.38. The van der Waals surface area contributed by atoms with Crippen molar-refractivity contribution in [2.45, 2.75) is 50.0 Å². The van der Waals surface area contributed by atoms with Gasteiger partial charge in [-0.3, -0.25) is 0 Å². The molecule has 0 aromatic heterocycles. The summed E-state index contributed by atoms with van der Waals surface area (Å²) in [5, 5.41) is 3.15. The Morgan fingerprint density at radius 3 is 2.79 bits per heavy atom. The summed E-state index contributed by atoms with van der Waals surface area (Å²) in [6.45, 7) is 6.15. The summed E-state index contributed by atoms with van der Waals surface area (Å²) in [4.78, 5) is 1.25. The van der Waals surface area contributed by atoms with Crippen molar-refractivity contribution in [2.75, 3.05) is 12.3 Å². The van der Waals surface area contributed by atoms with Gasteiger partial charge in [-0.05, 0) is 44.0 Å². The zero-order chi connectivity index (χ0) is 14.0. The number of aryl methyl sites for hydroxylation is 1. The number of likely N-dealkylation sites (N-methyl/N-ethyl adjacent to an activating group) is 1. The number of benzene rings is 1. The smallest absolute Gasteiger partial charge is 0.249 e. The number of nitrogens with one attached hydrogen (secondary N) is 1. The number of alkyl halides is 2. The Balaban J connectivity index is 2.38. The maximum absolute atomic E-state index is 13.6. The Morgan fingerprint density at radius 2 is 2.16 bits per heavy atom. The number of fused-ring (bicyclic) bond motifs is 1. The molecule has 0 amide bonds. The fourth-order valence-electron chi connectivity index (χ4n) is 2.60. The van der Waals surface area contributed by atoms with Gasteiger partial charge in [0.25, 0.3) is 0 Å². The summed E-state index contributed by atoms with van der Waals surface area (Å²) in [5.74, 6) is 1.06. The molecule has 1 heterocycles.